The molecule has 1 unspecified atom stereocenters. The largest absolute Gasteiger partial charge is 0.300 e. The van der Waals surface area contributed by atoms with Crippen molar-refractivity contribution in [2.75, 3.05) is 31.4 Å². The van der Waals surface area contributed by atoms with Crippen molar-refractivity contribution in [3.63, 3.8) is 0 Å². The monoisotopic (exact) mass is 251 g/mol. The molecule has 1 fully saturated rings. The van der Waals surface area contributed by atoms with E-state index in [1.807, 2.05) is 0 Å². The van der Waals surface area contributed by atoms with Gasteiger partial charge in [0.1, 0.15) is 5.78 Å². The third-order valence-corrected chi connectivity index (χ3v) is 3.30. The van der Waals surface area contributed by atoms with Gasteiger partial charge in [0.15, 0.2) is 0 Å². The number of nitrogens with zero attached hydrogens (tertiary/aromatic N) is 1. The van der Waals surface area contributed by atoms with E-state index < -0.39 is 0 Å². The summed E-state index contributed by atoms with van der Waals surface area (Å²) in [5.41, 5.74) is 0. The van der Waals surface area contributed by atoms with Crippen LogP contribution < -0.4 is 0 Å². The lowest BCUT2D eigenvalue weighted by Crippen LogP contribution is -2.37. The maximum absolute atomic E-state index is 11.6. The molecule has 0 aromatic carbocycles. The number of hydrogen-bond donors (Lipinski definition) is 0. The third kappa shape index (κ3) is 4.71. The van der Waals surface area contributed by atoms with Gasteiger partial charge in [0, 0.05) is 43.7 Å². The maximum Gasteiger partial charge on any atom is 0.137 e. The molecule has 15 heavy (non-hydrogen) atoms. The van der Waals surface area contributed by atoms with Crippen LogP contribution >= 0.6 is 23.2 Å². The second kappa shape index (κ2) is 7.48. The lowest BCUT2D eigenvalue weighted by atomic mass is 9.87. The molecule has 1 aliphatic rings. The molecule has 0 radical (unpaired) electrons. The topological polar surface area (TPSA) is 20.3 Å². The second-order valence-electron chi connectivity index (χ2n) is 4.09. The van der Waals surface area contributed by atoms with Crippen molar-refractivity contribution >= 4 is 29.0 Å². The molecule has 1 rings (SSSR count). The van der Waals surface area contributed by atoms with Crippen LogP contribution in [0.25, 0.3) is 0 Å². The van der Waals surface area contributed by atoms with E-state index in [1.54, 1.807) is 0 Å². The van der Waals surface area contributed by atoms with E-state index in [4.69, 9.17) is 23.2 Å². The molecule has 0 aromatic rings. The summed E-state index contributed by atoms with van der Waals surface area (Å²) in [6, 6.07) is 0. The van der Waals surface area contributed by atoms with E-state index in [2.05, 4.69) is 4.90 Å². The van der Waals surface area contributed by atoms with Crippen LogP contribution in [0.5, 0.6) is 0 Å². The first-order valence-electron chi connectivity index (χ1n) is 5.65. The first-order valence-corrected chi connectivity index (χ1v) is 6.72. The van der Waals surface area contributed by atoms with Gasteiger partial charge in [0.05, 0.1) is 0 Å². The third-order valence-electron chi connectivity index (χ3n) is 2.96. The summed E-state index contributed by atoms with van der Waals surface area (Å²) in [5.74, 6) is 1.87. The van der Waals surface area contributed by atoms with Crippen LogP contribution in [0.15, 0.2) is 0 Å². The van der Waals surface area contributed by atoms with Crippen LogP contribution in [-0.2, 0) is 4.79 Å². The standard InChI is InChI=1S/C11H19Cl2NO/c12-5-7-14(8-6-13)9-10-3-1-2-4-11(10)15/h10H,1-9H2. The summed E-state index contributed by atoms with van der Waals surface area (Å²) in [6.45, 7) is 2.51. The molecular weight excluding hydrogens is 233 g/mol. The molecule has 1 atom stereocenters. The van der Waals surface area contributed by atoms with Gasteiger partial charge < -0.3 is 4.90 Å². The molecule has 0 spiro atoms. The molecule has 0 saturated heterocycles. The highest BCUT2D eigenvalue weighted by Gasteiger charge is 2.23. The summed E-state index contributed by atoms with van der Waals surface area (Å²) < 4.78 is 0. The number of halogens is 2. The smallest absolute Gasteiger partial charge is 0.137 e. The average molecular weight is 252 g/mol. The summed E-state index contributed by atoms with van der Waals surface area (Å²) in [4.78, 5) is 13.8. The molecule has 2 nitrogen and oxygen atoms in total. The predicted octanol–water partition coefficient (Wildman–Crippen LogP) is 2.53. The van der Waals surface area contributed by atoms with Crippen molar-refractivity contribution in [2.45, 2.75) is 25.7 Å². The van der Waals surface area contributed by atoms with Gasteiger partial charge in [0.2, 0.25) is 0 Å². The Kier molecular flexibility index (Phi) is 6.62. The average Bonchev–Trinajstić information content (AvgIpc) is 2.22. The maximum atomic E-state index is 11.6. The molecule has 0 bridgehead atoms. The highest BCUT2D eigenvalue weighted by molar-refractivity contribution is 6.18. The summed E-state index contributed by atoms with van der Waals surface area (Å²) in [5, 5.41) is 0. The van der Waals surface area contributed by atoms with E-state index >= 15 is 0 Å². The summed E-state index contributed by atoms with van der Waals surface area (Å²) in [6.07, 6.45) is 4.06. The van der Waals surface area contributed by atoms with Gasteiger partial charge in [-0.3, -0.25) is 4.79 Å². The molecular formula is C11H19Cl2NO. The van der Waals surface area contributed by atoms with Crippen molar-refractivity contribution in [1.29, 1.82) is 0 Å². The zero-order chi connectivity index (χ0) is 11.1. The molecule has 0 heterocycles. The number of carbonyl (C=O) groups excluding carboxylic acids is 1. The first kappa shape index (κ1) is 13.3. The van der Waals surface area contributed by atoms with E-state index in [1.165, 1.54) is 6.42 Å². The van der Waals surface area contributed by atoms with Crippen LogP contribution in [0.3, 0.4) is 0 Å². The molecule has 88 valence electrons. The van der Waals surface area contributed by atoms with Gasteiger partial charge in [-0.15, -0.1) is 23.2 Å². The fraction of sp³-hybridized carbons (Fsp3) is 0.909. The van der Waals surface area contributed by atoms with Gasteiger partial charge in [-0.25, -0.2) is 0 Å². The first-order chi connectivity index (χ1) is 7.27. The number of rotatable bonds is 6. The fourth-order valence-electron chi connectivity index (χ4n) is 2.09. The number of carbonyl (C=O) groups is 1. The minimum absolute atomic E-state index is 0.227. The molecule has 1 aliphatic carbocycles. The molecule has 0 aliphatic heterocycles. The Hall–Kier alpha value is 0.210. The van der Waals surface area contributed by atoms with Gasteiger partial charge in [-0.2, -0.15) is 0 Å². The lowest BCUT2D eigenvalue weighted by Gasteiger charge is -2.27. The van der Waals surface area contributed by atoms with Crippen molar-refractivity contribution in [3.8, 4) is 0 Å². The predicted molar refractivity (Wildman–Crippen MR) is 64.8 cm³/mol. The van der Waals surface area contributed by atoms with E-state index in [0.717, 1.165) is 38.9 Å². The zero-order valence-electron chi connectivity index (χ0n) is 9.05. The highest BCUT2D eigenvalue weighted by atomic mass is 35.5. The number of ketones is 1. The second-order valence-corrected chi connectivity index (χ2v) is 4.84. The normalized spacial score (nSPS) is 22.3. The van der Waals surface area contributed by atoms with E-state index in [9.17, 15) is 4.79 Å². The number of Topliss-reactive ketones (excluding diaryl/α,β-unsaturated/α-hetero) is 1. The fourth-order valence-corrected chi connectivity index (χ4v) is 2.57. The molecule has 4 heteroatoms. The Morgan fingerprint density at radius 2 is 1.87 bits per heavy atom. The highest BCUT2D eigenvalue weighted by Crippen LogP contribution is 2.21. The Balaban J connectivity index is 2.37. The van der Waals surface area contributed by atoms with Crippen molar-refractivity contribution in [3.05, 3.63) is 0 Å². The SMILES string of the molecule is O=C1CCCCC1CN(CCCl)CCCl. The molecule has 0 aromatic heterocycles. The zero-order valence-corrected chi connectivity index (χ0v) is 10.6. The number of alkyl halides is 2. The lowest BCUT2D eigenvalue weighted by molar-refractivity contribution is -0.125. The minimum Gasteiger partial charge on any atom is -0.300 e. The van der Waals surface area contributed by atoms with Crippen LogP contribution in [0, 0.1) is 5.92 Å². The van der Waals surface area contributed by atoms with Gasteiger partial charge >= 0.3 is 0 Å². The Morgan fingerprint density at radius 1 is 1.20 bits per heavy atom. The summed E-state index contributed by atoms with van der Waals surface area (Å²) in [7, 11) is 0. The van der Waals surface area contributed by atoms with Crippen molar-refractivity contribution in [1.82, 2.24) is 4.90 Å². The van der Waals surface area contributed by atoms with E-state index in [0.29, 0.717) is 17.5 Å². The quantitative estimate of drug-likeness (QED) is 0.677. The van der Waals surface area contributed by atoms with Gasteiger partial charge in [-0.05, 0) is 12.8 Å². The molecule has 0 amide bonds. The Morgan fingerprint density at radius 3 is 2.40 bits per heavy atom. The van der Waals surface area contributed by atoms with Crippen molar-refractivity contribution < 1.29 is 4.79 Å². The Labute approximate surface area is 102 Å². The van der Waals surface area contributed by atoms with E-state index in [-0.39, 0.29) is 5.92 Å². The van der Waals surface area contributed by atoms with Crippen molar-refractivity contribution in [2.24, 2.45) is 5.92 Å². The van der Waals surface area contributed by atoms with Crippen LogP contribution in [0.2, 0.25) is 0 Å². The number of hydrogen-bond acceptors (Lipinski definition) is 2. The van der Waals surface area contributed by atoms with Crippen LogP contribution in [-0.4, -0.2) is 42.1 Å². The Bertz CT molecular complexity index is 193. The van der Waals surface area contributed by atoms with Crippen LogP contribution in [0.1, 0.15) is 25.7 Å². The minimum atomic E-state index is 0.227. The van der Waals surface area contributed by atoms with Gasteiger partial charge in [0.25, 0.3) is 0 Å². The molecule has 1 saturated carbocycles. The molecule has 0 N–H and O–H groups in total. The van der Waals surface area contributed by atoms with Gasteiger partial charge in [-0.1, -0.05) is 6.42 Å². The van der Waals surface area contributed by atoms with Crippen LogP contribution in [0.4, 0.5) is 0 Å². The summed E-state index contributed by atoms with van der Waals surface area (Å²) >= 11 is 11.4.